The summed E-state index contributed by atoms with van der Waals surface area (Å²) in [6.45, 7) is 5.66. The Hall–Kier alpha value is -6.24. The first-order chi connectivity index (χ1) is 24.5. The van der Waals surface area contributed by atoms with Gasteiger partial charge in [0.05, 0.1) is 17.7 Å². The van der Waals surface area contributed by atoms with Crippen LogP contribution >= 0.6 is 0 Å². The number of ether oxygens (including phenoxy) is 4. The molecule has 0 bridgehead atoms. The third kappa shape index (κ3) is 13.0. The molecule has 4 rings (SSSR count). The number of benzene rings is 4. The summed E-state index contributed by atoms with van der Waals surface area (Å²) in [6.07, 6.45) is -1.47. The topological polar surface area (TPSA) is 174 Å². The van der Waals surface area contributed by atoms with Crippen LogP contribution in [0.2, 0.25) is 0 Å². The first-order valence-corrected chi connectivity index (χ1v) is 16.2. The first kappa shape index (κ1) is 37.6. The van der Waals surface area contributed by atoms with Crippen LogP contribution in [0.3, 0.4) is 0 Å². The van der Waals surface area contributed by atoms with Crippen LogP contribution in [0.5, 0.6) is 17.2 Å². The monoisotopic (exact) mass is 698 g/mol. The van der Waals surface area contributed by atoms with E-state index in [0.29, 0.717) is 18.1 Å². The Kier molecular flexibility index (Phi) is 13.6. The molecule has 0 radical (unpaired) electrons. The minimum absolute atomic E-state index is 0.0161. The molecule has 0 aromatic heterocycles. The lowest BCUT2D eigenvalue weighted by molar-refractivity contribution is 0.0635. The number of carbonyl (C=O) groups is 4. The third-order valence-corrected chi connectivity index (χ3v) is 6.87. The third-order valence-electron chi connectivity index (χ3n) is 6.87. The molecule has 0 atom stereocenters. The van der Waals surface area contributed by atoms with E-state index in [1.165, 1.54) is 18.2 Å². The highest BCUT2D eigenvalue weighted by Crippen LogP contribution is 2.26. The van der Waals surface area contributed by atoms with Crippen LogP contribution in [0.25, 0.3) is 0 Å². The van der Waals surface area contributed by atoms with Gasteiger partial charge in [-0.15, -0.1) is 0 Å². The minimum Gasteiger partial charge on any atom is -0.507 e. The highest BCUT2D eigenvalue weighted by Gasteiger charge is 2.18. The van der Waals surface area contributed by atoms with Gasteiger partial charge in [-0.25, -0.2) is 9.59 Å². The number of rotatable bonds is 15. The predicted molar refractivity (Wildman–Crippen MR) is 190 cm³/mol. The Balaban J connectivity index is 1.21. The van der Waals surface area contributed by atoms with Gasteiger partial charge in [-0.3, -0.25) is 14.9 Å². The quantitative estimate of drug-likeness (QED) is 0.0762. The van der Waals surface area contributed by atoms with Crippen molar-refractivity contribution >= 4 is 29.7 Å². The van der Waals surface area contributed by atoms with E-state index in [-0.39, 0.29) is 55.4 Å². The fraction of sp³-hybridized carbons (Fsp3) is 0.263. The first-order valence-electron chi connectivity index (χ1n) is 16.2. The van der Waals surface area contributed by atoms with Gasteiger partial charge in [-0.05, 0) is 68.3 Å². The number of aromatic hydroxyl groups is 1. The summed E-state index contributed by atoms with van der Waals surface area (Å²) >= 11 is 0. The van der Waals surface area contributed by atoms with Crippen LogP contribution < -0.4 is 30.7 Å². The minimum atomic E-state index is -0.756. The Morgan fingerprint density at radius 1 is 0.647 bits per heavy atom. The molecule has 51 heavy (non-hydrogen) atoms. The van der Waals surface area contributed by atoms with Crippen molar-refractivity contribution in [1.29, 1.82) is 0 Å². The zero-order chi connectivity index (χ0) is 36.6. The predicted octanol–water partition coefficient (Wildman–Crippen LogP) is 5.78. The van der Waals surface area contributed by atoms with Gasteiger partial charge in [0.25, 0.3) is 11.8 Å². The average Bonchev–Trinajstić information content (AvgIpc) is 3.11. The molecule has 0 heterocycles. The van der Waals surface area contributed by atoms with E-state index in [4.69, 9.17) is 18.9 Å². The second-order valence-electron chi connectivity index (χ2n) is 12.1. The van der Waals surface area contributed by atoms with E-state index in [2.05, 4.69) is 21.3 Å². The van der Waals surface area contributed by atoms with Gasteiger partial charge >= 0.3 is 12.2 Å². The van der Waals surface area contributed by atoms with E-state index in [0.717, 1.165) is 11.1 Å². The van der Waals surface area contributed by atoms with E-state index in [9.17, 15) is 24.3 Å². The molecule has 0 saturated carbocycles. The van der Waals surface area contributed by atoms with Crippen molar-refractivity contribution in [2.45, 2.75) is 39.6 Å². The molecule has 4 aromatic rings. The van der Waals surface area contributed by atoms with Crippen LogP contribution in [0.4, 0.5) is 15.3 Å². The molecular formula is C38H42N4O9. The lowest BCUT2D eigenvalue weighted by atomic mass is 10.1. The molecule has 0 aliphatic carbocycles. The van der Waals surface area contributed by atoms with E-state index in [1.807, 2.05) is 60.7 Å². The van der Waals surface area contributed by atoms with Crippen LogP contribution in [-0.2, 0) is 22.7 Å². The zero-order valence-corrected chi connectivity index (χ0v) is 28.7. The molecule has 0 spiro atoms. The number of hydrogen-bond acceptors (Lipinski definition) is 9. The smallest absolute Gasteiger partial charge is 0.412 e. The summed E-state index contributed by atoms with van der Waals surface area (Å²) in [6, 6.07) is 28.2. The average molecular weight is 699 g/mol. The summed E-state index contributed by atoms with van der Waals surface area (Å²) in [5.74, 6) is -0.510. The van der Waals surface area contributed by atoms with Gasteiger partial charge in [0.2, 0.25) is 0 Å². The summed E-state index contributed by atoms with van der Waals surface area (Å²) in [5.41, 5.74) is 1.63. The Labute approximate surface area is 296 Å². The number of hydrogen-bond donors (Lipinski definition) is 5. The molecule has 268 valence electrons. The van der Waals surface area contributed by atoms with E-state index < -0.39 is 29.6 Å². The normalized spacial score (nSPS) is 10.7. The fourth-order valence-corrected chi connectivity index (χ4v) is 4.49. The molecule has 4 amide bonds. The molecule has 0 saturated heterocycles. The fourth-order valence-electron chi connectivity index (χ4n) is 4.49. The number of carbonyl (C=O) groups excluding carboxylic acids is 4. The molecule has 13 nitrogen and oxygen atoms in total. The summed E-state index contributed by atoms with van der Waals surface area (Å²) in [5, 5.41) is 20.4. The molecule has 4 aromatic carbocycles. The van der Waals surface area contributed by atoms with Gasteiger partial charge < -0.3 is 40.0 Å². The number of amides is 4. The van der Waals surface area contributed by atoms with Gasteiger partial charge in [0.1, 0.15) is 42.7 Å². The van der Waals surface area contributed by atoms with Gasteiger partial charge in [-0.2, -0.15) is 0 Å². The van der Waals surface area contributed by atoms with Gasteiger partial charge in [0, 0.05) is 18.8 Å². The molecular weight excluding hydrogens is 656 g/mol. The molecule has 0 aliphatic rings. The highest BCUT2D eigenvalue weighted by molar-refractivity contribution is 5.99. The maximum absolute atomic E-state index is 13.2. The van der Waals surface area contributed by atoms with Crippen molar-refractivity contribution in [3.05, 3.63) is 119 Å². The second kappa shape index (κ2) is 18.5. The molecule has 0 fully saturated rings. The SMILES string of the molecule is CC(C)(C)OC(=O)Nc1ccc(O)c(C(=O)NCCNC(=O)OCCNC(=O)c2cc(OCc3ccccc3)ccc2OCc2ccccc2)c1. The standard InChI is InChI=1S/C38H42N4O9/c1-38(2,3)51-37(47)42-28-14-16-32(43)30(22-28)34(44)39-18-19-41-36(46)48-21-20-40-35(45)31-23-29(49-24-26-10-6-4-7-11-26)15-17-33(31)50-25-27-12-8-5-9-13-27/h4-17,22-23,43H,18-21,24-25H2,1-3H3,(H,39,44)(H,40,45)(H,41,46)(H,42,47). The van der Waals surface area contributed by atoms with Crippen LogP contribution in [0.1, 0.15) is 52.6 Å². The highest BCUT2D eigenvalue weighted by atomic mass is 16.6. The number of phenols is 1. The largest absolute Gasteiger partial charge is 0.507 e. The number of nitrogens with one attached hydrogen (secondary N) is 4. The van der Waals surface area contributed by atoms with Crippen molar-refractivity contribution in [2.75, 3.05) is 31.6 Å². The summed E-state index contributed by atoms with van der Waals surface area (Å²) in [4.78, 5) is 50.1. The van der Waals surface area contributed by atoms with Crippen molar-refractivity contribution in [2.24, 2.45) is 0 Å². The molecule has 13 heteroatoms. The van der Waals surface area contributed by atoms with Crippen molar-refractivity contribution in [3.8, 4) is 17.2 Å². The lowest BCUT2D eigenvalue weighted by Crippen LogP contribution is -2.36. The number of alkyl carbamates (subject to hydrolysis) is 1. The second-order valence-corrected chi connectivity index (χ2v) is 12.1. The number of anilines is 1. The summed E-state index contributed by atoms with van der Waals surface area (Å²) < 4.78 is 22.2. The maximum atomic E-state index is 13.2. The van der Waals surface area contributed by atoms with Crippen LogP contribution in [0.15, 0.2) is 97.1 Å². The Morgan fingerprint density at radius 2 is 1.25 bits per heavy atom. The Bertz CT molecular complexity index is 1780. The maximum Gasteiger partial charge on any atom is 0.412 e. The van der Waals surface area contributed by atoms with Crippen molar-refractivity contribution < 1.29 is 43.2 Å². The van der Waals surface area contributed by atoms with E-state index >= 15 is 0 Å². The molecule has 0 unspecified atom stereocenters. The van der Waals surface area contributed by atoms with Crippen LogP contribution in [-0.4, -0.2) is 60.9 Å². The zero-order valence-electron chi connectivity index (χ0n) is 28.7. The van der Waals surface area contributed by atoms with Crippen molar-refractivity contribution in [3.63, 3.8) is 0 Å². The Morgan fingerprint density at radius 3 is 1.92 bits per heavy atom. The van der Waals surface area contributed by atoms with Crippen molar-refractivity contribution in [1.82, 2.24) is 16.0 Å². The number of phenolic OH excluding ortho intramolecular Hbond substituents is 1. The molecule has 5 N–H and O–H groups in total. The molecule has 0 aliphatic heterocycles. The van der Waals surface area contributed by atoms with Gasteiger partial charge in [-0.1, -0.05) is 60.7 Å². The van der Waals surface area contributed by atoms with Crippen LogP contribution in [0, 0.1) is 0 Å². The van der Waals surface area contributed by atoms with Gasteiger partial charge in [0.15, 0.2) is 0 Å². The van der Waals surface area contributed by atoms with E-state index in [1.54, 1.807) is 39.0 Å². The lowest BCUT2D eigenvalue weighted by Gasteiger charge is -2.19. The summed E-state index contributed by atoms with van der Waals surface area (Å²) in [7, 11) is 0.